The van der Waals surface area contributed by atoms with Crippen molar-refractivity contribution in [1.82, 2.24) is 4.57 Å². The number of aryl methyl sites for hydroxylation is 1. The molecule has 0 aliphatic heterocycles. The molecule has 0 amide bonds. The van der Waals surface area contributed by atoms with Gasteiger partial charge >= 0.3 is 0 Å². The summed E-state index contributed by atoms with van der Waals surface area (Å²) < 4.78 is 7.49. The number of ether oxygens (including phenoxy) is 1. The molecule has 1 atom stereocenters. The fraction of sp³-hybridized carbons (Fsp3) is 0.300. The van der Waals surface area contributed by atoms with E-state index in [-0.39, 0.29) is 5.92 Å². The zero-order valence-corrected chi connectivity index (χ0v) is 15.1. The van der Waals surface area contributed by atoms with Gasteiger partial charge in [0.05, 0.1) is 12.1 Å². The number of rotatable bonds is 5. The summed E-state index contributed by atoms with van der Waals surface area (Å²) in [6.45, 7) is 2.75. The van der Waals surface area contributed by atoms with Crippen LogP contribution in [-0.2, 0) is 13.5 Å². The molecule has 24 heavy (non-hydrogen) atoms. The van der Waals surface area contributed by atoms with E-state index < -0.39 is 0 Å². The van der Waals surface area contributed by atoms with Crippen molar-refractivity contribution in [3.05, 3.63) is 64.3 Å². The molecule has 1 unspecified atom stereocenters. The minimum Gasteiger partial charge on any atom is -0.495 e. The third-order valence-electron chi connectivity index (χ3n) is 4.91. The molecule has 0 aliphatic rings. The maximum Gasteiger partial charge on any atom is 0.137 e. The van der Waals surface area contributed by atoms with Crippen LogP contribution in [0.5, 0.6) is 5.75 Å². The summed E-state index contributed by atoms with van der Waals surface area (Å²) in [4.78, 5) is 0. The first-order valence-corrected chi connectivity index (χ1v) is 8.51. The lowest BCUT2D eigenvalue weighted by atomic mass is 9.91. The van der Waals surface area contributed by atoms with Gasteiger partial charge in [0.1, 0.15) is 5.75 Å². The SMILES string of the molecule is COc1ccc(C(CN)Cc2c(C)n(C)c3ccccc23)cc1Cl. The molecule has 3 nitrogen and oxygen atoms in total. The molecule has 1 aromatic heterocycles. The van der Waals surface area contributed by atoms with Crippen molar-refractivity contribution < 1.29 is 4.74 Å². The van der Waals surface area contributed by atoms with Crippen LogP contribution in [0.1, 0.15) is 22.7 Å². The van der Waals surface area contributed by atoms with Gasteiger partial charge in [0, 0.05) is 29.6 Å². The van der Waals surface area contributed by atoms with Crippen molar-refractivity contribution in [2.45, 2.75) is 19.3 Å². The largest absolute Gasteiger partial charge is 0.495 e. The molecule has 3 aromatic rings. The topological polar surface area (TPSA) is 40.2 Å². The normalized spacial score (nSPS) is 12.5. The van der Waals surface area contributed by atoms with Crippen molar-refractivity contribution in [1.29, 1.82) is 0 Å². The van der Waals surface area contributed by atoms with E-state index in [4.69, 9.17) is 22.1 Å². The monoisotopic (exact) mass is 342 g/mol. The Bertz CT molecular complexity index is 869. The van der Waals surface area contributed by atoms with Gasteiger partial charge in [-0.05, 0) is 49.2 Å². The van der Waals surface area contributed by atoms with Gasteiger partial charge in [-0.1, -0.05) is 35.9 Å². The van der Waals surface area contributed by atoms with Gasteiger partial charge in [0.15, 0.2) is 0 Å². The lowest BCUT2D eigenvalue weighted by Crippen LogP contribution is -2.15. The zero-order valence-electron chi connectivity index (χ0n) is 14.3. The third kappa shape index (κ3) is 2.90. The Labute approximate surface area is 148 Å². The van der Waals surface area contributed by atoms with Gasteiger partial charge in [0.25, 0.3) is 0 Å². The molecule has 1 heterocycles. The third-order valence-corrected chi connectivity index (χ3v) is 5.21. The fourth-order valence-electron chi connectivity index (χ4n) is 3.38. The van der Waals surface area contributed by atoms with Crippen molar-refractivity contribution in [3.8, 4) is 5.75 Å². The van der Waals surface area contributed by atoms with Gasteiger partial charge in [-0.3, -0.25) is 0 Å². The number of fused-ring (bicyclic) bond motifs is 1. The molecular formula is C20H23ClN2O. The Balaban J connectivity index is 2.00. The van der Waals surface area contributed by atoms with Gasteiger partial charge in [-0.25, -0.2) is 0 Å². The van der Waals surface area contributed by atoms with Gasteiger partial charge in [0.2, 0.25) is 0 Å². The number of halogens is 1. The standard InChI is InChI=1S/C20H23ClN2O/c1-13-17(16-6-4-5-7-19(16)23(13)2)10-15(12-22)14-8-9-20(24-3)18(21)11-14/h4-9,11,15H,10,12,22H2,1-3H3. The maximum absolute atomic E-state index is 6.29. The molecule has 0 saturated carbocycles. The predicted molar refractivity (Wildman–Crippen MR) is 101 cm³/mol. The predicted octanol–water partition coefficient (Wildman–Crippen LogP) is 4.43. The zero-order chi connectivity index (χ0) is 17.3. The minimum atomic E-state index is 0.220. The molecule has 0 spiro atoms. The molecule has 0 fully saturated rings. The first-order chi connectivity index (χ1) is 11.6. The molecule has 0 aliphatic carbocycles. The van der Waals surface area contributed by atoms with Crippen molar-refractivity contribution in [2.24, 2.45) is 12.8 Å². The van der Waals surface area contributed by atoms with Crippen LogP contribution in [0.25, 0.3) is 10.9 Å². The molecule has 0 radical (unpaired) electrons. The Kier molecular flexibility index (Phi) is 4.83. The average Bonchev–Trinajstić information content (AvgIpc) is 2.84. The number of nitrogens with zero attached hydrogens (tertiary/aromatic N) is 1. The number of nitrogens with two attached hydrogens (primary N) is 1. The molecule has 2 aromatic carbocycles. The highest BCUT2D eigenvalue weighted by molar-refractivity contribution is 6.32. The van der Waals surface area contributed by atoms with E-state index in [1.165, 1.54) is 22.2 Å². The number of para-hydroxylation sites is 1. The van der Waals surface area contributed by atoms with Crippen molar-refractivity contribution in [2.75, 3.05) is 13.7 Å². The van der Waals surface area contributed by atoms with Crippen LogP contribution in [0.3, 0.4) is 0 Å². The van der Waals surface area contributed by atoms with E-state index in [1.54, 1.807) is 7.11 Å². The van der Waals surface area contributed by atoms with E-state index in [0.717, 1.165) is 12.0 Å². The molecule has 3 rings (SSSR count). The number of hydrogen-bond acceptors (Lipinski definition) is 2. The first kappa shape index (κ1) is 16.9. The van der Waals surface area contributed by atoms with E-state index in [0.29, 0.717) is 17.3 Å². The maximum atomic E-state index is 6.29. The van der Waals surface area contributed by atoms with Crippen molar-refractivity contribution >= 4 is 22.5 Å². The number of benzene rings is 2. The van der Waals surface area contributed by atoms with Crippen LogP contribution < -0.4 is 10.5 Å². The molecule has 0 saturated heterocycles. The molecular weight excluding hydrogens is 320 g/mol. The van der Waals surface area contributed by atoms with Gasteiger partial charge in [-0.2, -0.15) is 0 Å². The molecule has 2 N–H and O–H groups in total. The second kappa shape index (κ2) is 6.88. The minimum absolute atomic E-state index is 0.220. The van der Waals surface area contributed by atoms with Crippen LogP contribution in [-0.4, -0.2) is 18.2 Å². The Morgan fingerprint density at radius 2 is 1.96 bits per heavy atom. The van der Waals surface area contributed by atoms with E-state index in [1.807, 2.05) is 12.1 Å². The van der Waals surface area contributed by atoms with Crippen molar-refractivity contribution in [3.63, 3.8) is 0 Å². The quantitative estimate of drug-likeness (QED) is 0.745. The summed E-state index contributed by atoms with van der Waals surface area (Å²) >= 11 is 6.29. The molecule has 0 bridgehead atoms. The summed E-state index contributed by atoms with van der Waals surface area (Å²) in [5.41, 5.74) is 11.1. The van der Waals surface area contributed by atoms with Gasteiger partial charge in [-0.15, -0.1) is 0 Å². The van der Waals surface area contributed by atoms with E-state index >= 15 is 0 Å². The van der Waals surface area contributed by atoms with Crippen LogP contribution in [0, 0.1) is 6.92 Å². The highest BCUT2D eigenvalue weighted by Gasteiger charge is 2.18. The second-order valence-corrected chi connectivity index (χ2v) is 6.58. The Hall–Kier alpha value is -1.97. The summed E-state index contributed by atoms with van der Waals surface area (Å²) in [5.74, 6) is 0.912. The summed E-state index contributed by atoms with van der Waals surface area (Å²) in [6.07, 6.45) is 0.895. The Morgan fingerprint density at radius 1 is 1.21 bits per heavy atom. The summed E-state index contributed by atoms with van der Waals surface area (Å²) in [6, 6.07) is 14.5. The summed E-state index contributed by atoms with van der Waals surface area (Å²) in [5, 5.41) is 1.93. The fourth-order valence-corrected chi connectivity index (χ4v) is 3.64. The van der Waals surface area contributed by atoms with Gasteiger partial charge < -0.3 is 15.0 Å². The lowest BCUT2D eigenvalue weighted by molar-refractivity contribution is 0.414. The van der Waals surface area contributed by atoms with Crippen LogP contribution in [0.4, 0.5) is 0 Å². The molecule has 126 valence electrons. The lowest BCUT2D eigenvalue weighted by Gasteiger charge is -2.17. The second-order valence-electron chi connectivity index (χ2n) is 6.17. The number of methoxy groups -OCH3 is 1. The molecule has 4 heteroatoms. The smallest absolute Gasteiger partial charge is 0.137 e. The number of hydrogen-bond donors (Lipinski definition) is 1. The first-order valence-electron chi connectivity index (χ1n) is 8.13. The highest BCUT2D eigenvalue weighted by atomic mass is 35.5. The van der Waals surface area contributed by atoms with E-state index in [9.17, 15) is 0 Å². The number of aromatic nitrogens is 1. The average molecular weight is 343 g/mol. The van der Waals surface area contributed by atoms with Crippen LogP contribution in [0.2, 0.25) is 5.02 Å². The highest BCUT2D eigenvalue weighted by Crippen LogP contribution is 2.33. The van der Waals surface area contributed by atoms with E-state index in [2.05, 4.69) is 48.9 Å². The Morgan fingerprint density at radius 3 is 2.62 bits per heavy atom. The van der Waals surface area contributed by atoms with Crippen LogP contribution in [0.15, 0.2) is 42.5 Å². The summed E-state index contributed by atoms with van der Waals surface area (Å²) in [7, 11) is 3.74. The van der Waals surface area contributed by atoms with Crippen LogP contribution >= 0.6 is 11.6 Å².